The molecule has 1 fully saturated rings. The van der Waals surface area contributed by atoms with Crippen molar-refractivity contribution in [3.63, 3.8) is 0 Å². The van der Waals surface area contributed by atoms with E-state index in [1.165, 1.54) is 23.1 Å². The number of benzene rings is 1. The number of hydrogen-bond acceptors (Lipinski definition) is 7. The Morgan fingerprint density at radius 2 is 2.04 bits per heavy atom. The molecule has 1 saturated heterocycles. The summed E-state index contributed by atoms with van der Waals surface area (Å²) in [5.74, 6) is -0.837. The number of nitrogens with zero attached hydrogens (tertiary/aromatic N) is 5. The molecule has 11 heteroatoms. The summed E-state index contributed by atoms with van der Waals surface area (Å²) < 4.78 is 30.3. The third-order valence-electron chi connectivity index (χ3n) is 4.50. The van der Waals surface area contributed by atoms with Crippen molar-refractivity contribution in [2.24, 2.45) is 0 Å². The van der Waals surface area contributed by atoms with E-state index in [-0.39, 0.29) is 16.8 Å². The number of rotatable bonds is 5. The second kappa shape index (κ2) is 7.52. The van der Waals surface area contributed by atoms with Crippen LogP contribution in [-0.4, -0.2) is 52.2 Å². The van der Waals surface area contributed by atoms with E-state index in [1.807, 2.05) is 10.8 Å². The number of sulfonamides is 1. The van der Waals surface area contributed by atoms with Gasteiger partial charge in [0.2, 0.25) is 0 Å². The van der Waals surface area contributed by atoms with E-state index in [4.69, 9.17) is 0 Å². The van der Waals surface area contributed by atoms with Crippen LogP contribution in [0.2, 0.25) is 0 Å². The summed E-state index contributed by atoms with van der Waals surface area (Å²) in [6, 6.07) is 10.2. The molecule has 10 nitrogen and oxygen atoms in total. The van der Waals surface area contributed by atoms with Crippen molar-refractivity contribution in [1.29, 1.82) is 0 Å². The molecule has 1 atom stereocenters. The first-order valence-electron chi connectivity index (χ1n) is 8.84. The number of carbonyl (C=O) groups excluding carboxylic acids is 1. The standard InChI is InChI=1S/C17H19N7O3S/c25-17(15-12-23(22-20-15)14-7-4-9-18-11-14)21-28(26,27)16-8-10-19-24(16)13-5-2-1-3-6-13/h1-3,5-6,8,10,12,14,18H,4,7,9,11H2,(H,21,25). The molecule has 1 amide bonds. The highest BCUT2D eigenvalue weighted by atomic mass is 32.2. The molecule has 1 aliphatic heterocycles. The van der Waals surface area contributed by atoms with Crippen LogP contribution in [0.25, 0.3) is 5.69 Å². The molecule has 1 aliphatic rings. The Kier molecular flexibility index (Phi) is 4.92. The average Bonchev–Trinajstić information content (AvgIpc) is 3.39. The average molecular weight is 401 g/mol. The molecule has 2 N–H and O–H groups in total. The number of hydrogen-bond donors (Lipinski definition) is 2. The smallest absolute Gasteiger partial charge is 0.287 e. The first kappa shape index (κ1) is 18.3. The molecule has 0 radical (unpaired) electrons. The summed E-state index contributed by atoms with van der Waals surface area (Å²) in [6.07, 6.45) is 4.76. The zero-order chi connectivity index (χ0) is 19.6. The maximum atomic E-state index is 12.7. The molecule has 3 heterocycles. The molecule has 0 spiro atoms. The van der Waals surface area contributed by atoms with Crippen LogP contribution in [0, 0.1) is 0 Å². The Labute approximate surface area is 161 Å². The number of aromatic nitrogens is 5. The van der Waals surface area contributed by atoms with E-state index in [0.717, 1.165) is 25.9 Å². The van der Waals surface area contributed by atoms with Crippen LogP contribution in [0.3, 0.4) is 0 Å². The summed E-state index contributed by atoms with van der Waals surface area (Å²) in [6.45, 7) is 1.69. The third kappa shape index (κ3) is 3.66. The fraction of sp³-hybridized carbons (Fsp3) is 0.294. The van der Waals surface area contributed by atoms with Crippen LogP contribution >= 0.6 is 0 Å². The Hall–Kier alpha value is -3.05. The van der Waals surface area contributed by atoms with Gasteiger partial charge < -0.3 is 5.32 Å². The second-order valence-corrected chi connectivity index (χ2v) is 8.06. The van der Waals surface area contributed by atoms with E-state index < -0.39 is 15.9 Å². The van der Waals surface area contributed by atoms with E-state index in [2.05, 4.69) is 20.7 Å². The fourth-order valence-corrected chi connectivity index (χ4v) is 4.18. The maximum absolute atomic E-state index is 12.7. The van der Waals surface area contributed by atoms with Crippen molar-refractivity contribution in [2.75, 3.05) is 13.1 Å². The van der Waals surface area contributed by atoms with Crippen LogP contribution in [-0.2, 0) is 10.0 Å². The Balaban J connectivity index is 1.54. The van der Waals surface area contributed by atoms with E-state index in [0.29, 0.717) is 5.69 Å². The summed E-state index contributed by atoms with van der Waals surface area (Å²) >= 11 is 0. The lowest BCUT2D eigenvalue weighted by Gasteiger charge is -2.22. The quantitative estimate of drug-likeness (QED) is 0.638. The summed E-state index contributed by atoms with van der Waals surface area (Å²) in [5, 5.41) is 15.0. The lowest BCUT2D eigenvalue weighted by molar-refractivity contribution is 0.0976. The van der Waals surface area contributed by atoms with Gasteiger partial charge in [-0.25, -0.2) is 14.1 Å². The molecule has 0 bridgehead atoms. The van der Waals surface area contributed by atoms with E-state index >= 15 is 0 Å². The molecule has 1 unspecified atom stereocenters. The summed E-state index contributed by atoms with van der Waals surface area (Å²) in [5.41, 5.74) is 0.510. The predicted octanol–water partition coefficient (Wildman–Crippen LogP) is 0.507. The minimum atomic E-state index is -4.15. The lowest BCUT2D eigenvalue weighted by Crippen LogP contribution is -2.32. The van der Waals surface area contributed by atoms with Gasteiger partial charge in [0.15, 0.2) is 10.7 Å². The lowest BCUT2D eigenvalue weighted by atomic mass is 10.1. The van der Waals surface area contributed by atoms with Crippen LogP contribution in [0.4, 0.5) is 0 Å². The largest absolute Gasteiger partial charge is 0.315 e. The number of para-hydroxylation sites is 1. The zero-order valence-electron chi connectivity index (χ0n) is 14.9. The van der Waals surface area contributed by atoms with Crippen molar-refractivity contribution in [3.05, 3.63) is 54.5 Å². The Bertz CT molecular complexity index is 1070. The highest BCUT2D eigenvalue weighted by Crippen LogP contribution is 2.17. The second-order valence-electron chi connectivity index (χ2n) is 6.44. The van der Waals surface area contributed by atoms with Gasteiger partial charge in [-0.15, -0.1) is 5.10 Å². The Morgan fingerprint density at radius 1 is 1.21 bits per heavy atom. The first-order valence-corrected chi connectivity index (χ1v) is 10.3. The molecular weight excluding hydrogens is 382 g/mol. The monoisotopic (exact) mass is 401 g/mol. The predicted molar refractivity (Wildman–Crippen MR) is 99.4 cm³/mol. The minimum absolute atomic E-state index is 0.0556. The van der Waals surface area contributed by atoms with Crippen molar-refractivity contribution in [1.82, 2.24) is 34.8 Å². The van der Waals surface area contributed by atoms with E-state index in [9.17, 15) is 13.2 Å². The van der Waals surface area contributed by atoms with Gasteiger partial charge in [0.1, 0.15) is 0 Å². The third-order valence-corrected chi connectivity index (χ3v) is 5.81. The number of amides is 1. The van der Waals surface area contributed by atoms with Gasteiger partial charge in [0.25, 0.3) is 15.9 Å². The molecule has 1 aromatic carbocycles. The van der Waals surface area contributed by atoms with Gasteiger partial charge in [-0.1, -0.05) is 23.4 Å². The minimum Gasteiger partial charge on any atom is -0.315 e. The summed E-state index contributed by atoms with van der Waals surface area (Å²) in [7, 11) is -4.15. The highest BCUT2D eigenvalue weighted by Gasteiger charge is 2.26. The zero-order valence-corrected chi connectivity index (χ0v) is 15.7. The maximum Gasteiger partial charge on any atom is 0.287 e. The van der Waals surface area contributed by atoms with E-state index in [1.54, 1.807) is 28.9 Å². The molecular formula is C17H19N7O3S. The van der Waals surface area contributed by atoms with Gasteiger partial charge in [0, 0.05) is 6.54 Å². The van der Waals surface area contributed by atoms with Crippen LogP contribution < -0.4 is 10.0 Å². The number of piperidine rings is 1. The fourth-order valence-electron chi connectivity index (χ4n) is 3.10. The van der Waals surface area contributed by atoms with Crippen LogP contribution in [0.15, 0.2) is 53.8 Å². The molecule has 4 rings (SSSR count). The molecule has 0 aliphatic carbocycles. The van der Waals surface area contributed by atoms with Crippen molar-refractivity contribution in [3.8, 4) is 5.69 Å². The molecule has 28 heavy (non-hydrogen) atoms. The normalized spacial score (nSPS) is 17.4. The Morgan fingerprint density at radius 3 is 2.79 bits per heavy atom. The summed E-state index contributed by atoms with van der Waals surface area (Å²) in [4.78, 5) is 12.4. The van der Waals surface area contributed by atoms with Crippen molar-refractivity contribution in [2.45, 2.75) is 23.9 Å². The number of nitrogens with one attached hydrogen (secondary N) is 2. The van der Waals surface area contributed by atoms with Gasteiger partial charge in [-0.05, 0) is 37.6 Å². The molecule has 0 saturated carbocycles. The van der Waals surface area contributed by atoms with Gasteiger partial charge in [0.05, 0.1) is 24.1 Å². The van der Waals surface area contributed by atoms with Crippen molar-refractivity contribution >= 4 is 15.9 Å². The SMILES string of the molecule is O=C(NS(=O)(=O)c1ccnn1-c1ccccc1)c1cn(C2CCCNC2)nn1. The number of carbonyl (C=O) groups is 1. The molecule has 2 aromatic heterocycles. The topological polar surface area (TPSA) is 124 Å². The first-order chi connectivity index (χ1) is 13.5. The highest BCUT2D eigenvalue weighted by molar-refractivity contribution is 7.90. The van der Waals surface area contributed by atoms with Gasteiger partial charge in [-0.2, -0.15) is 13.5 Å². The van der Waals surface area contributed by atoms with Gasteiger partial charge in [-0.3, -0.25) is 4.79 Å². The van der Waals surface area contributed by atoms with Crippen LogP contribution in [0.5, 0.6) is 0 Å². The van der Waals surface area contributed by atoms with Crippen molar-refractivity contribution < 1.29 is 13.2 Å². The molecule has 146 valence electrons. The van der Waals surface area contributed by atoms with Gasteiger partial charge >= 0.3 is 0 Å². The molecule has 3 aromatic rings. The van der Waals surface area contributed by atoms with Crippen LogP contribution in [0.1, 0.15) is 29.4 Å².